The van der Waals surface area contributed by atoms with E-state index in [0.29, 0.717) is 18.5 Å². The number of aromatic nitrogens is 2. The SMILES string of the molecule is CC(C)C(=O)N1CCC[C@H]1c1nnc(S(=O)(=O)Cc2ccc(F)cc2)o1. The Hall–Kier alpha value is -2.29. The first-order valence-electron chi connectivity index (χ1n) is 8.39. The van der Waals surface area contributed by atoms with E-state index < -0.39 is 26.9 Å². The van der Waals surface area contributed by atoms with Crippen LogP contribution in [0.25, 0.3) is 0 Å². The first-order chi connectivity index (χ1) is 12.3. The molecule has 0 saturated carbocycles. The summed E-state index contributed by atoms with van der Waals surface area (Å²) in [6.07, 6.45) is 1.45. The van der Waals surface area contributed by atoms with Gasteiger partial charge in [0.15, 0.2) is 0 Å². The Kier molecular flexibility index (Phi) is 5.08. The van der Waals surface area contributed by atoms with Crippen LogP contribution in [0.3, 0.4) is 0 Å². The van der Waals surface area contributed by atoms with Crippen molar-refractivity contribution < 1.29 is 22.0 Å². The second kappa shape index (κ2) is 7.14. The molecule has 1 amide bonds. The first kappa shape index (κ1) is 18.5. The van der Waals surface area contributed by atoms with E-state index in [1.165, 1.54) is 24.3 Å². The number of halogens is 1. The molecule has 9 heteroatoms. The van der Waals surface area contributed by atoms with Crippen LogP contribution in [-0.4, -0.2) is 36.0 Å². The van der Waals surface area contributed by atoms with Crippen LogP contribution >= 0.6 is 0 Å². The van der Waals surface area contributed by atoms with E-state index in [1.54, 1.807) is 4.90 Å². The number of sulfone groups is 1. The van der Waals surface area contributed by atoms with Gasteiger partial charge >= 0.3 is 5.22 Å². The highest BCUT2D eigenvalue weighted by Gasteiger charge is 2.36. The lowest BCUT2D eigenvalue weighted by Crippen LogP contribution is -2.33. The molecule has 0 N–H and O–H groups in total. The molecule has 26 heavy (non-hydrogen) atoms. The molecule has 1 atom stereocenters. The molecule has 1 aromatic carbocycles. The third-order valence-corrected chi connectivity index (χ3v) is 5.68. The van der Waals surface area contributed by atoms with Crippen LogP contribution in [0.5, 0.6) is 0 Å². The van der Waals surface area contributed by atoms with Gasteiger partial charge < -0.3 is 9.32 Å². The van der Waals surface area contributed by atoms with E-state index in [1.807, 2.05) is 13.8 Å². The van der Waals surface area contributed by atoms with Crippen LogP contribution in [0.4, 0.5) is 4.39 Å². The van der Waals surface area contributed by atoms with Gasteiger partial charge in [0, 0.05) is 12.5 Å². The summed E-state index contributed by atoms with van der Waals surface area (Å²) in [6, 6.07) is 4.77. The second-order valence-electron chi connectivity index (χ2n) is 6.64. The third-order valence-electron chi connectivity index (χ3n) is 4.27. The molecule has 1 aliphatic rings. The molecule has 140 valence electrons. The summed E-state index contributed by atoms with van der Waals surface area (Å²) in [5.74, 6) is -0.869. The van der Waals surface area contributed by atoms with E-state index in [0.717, 1.165) is 6.42 Å². The van der Waals surface area contributed by atoms with Gasteiger partial charge in [0.05, 0.1) is 5.75 Å². The van der Waals surface area contributed by atoms with Crippen molar-refractivity contribution >= 4 is 15.7 Å². The van der Waals surface area contributed by atoms with E-state index in [9.17, 15) is 17.6 Å². The first-order valence-corrected chi connectivity index (χ1v) is 10.0. The lowest BCUT2D eigenvalue weighted by molar-refractivity contribution is -0.135. The molecule has 0 bridgehead atoms. The number of amides is 1. The number of likely N-dealkylation sites (tertiary alicyclic amines) is 1. The van der Waals surface area contributed by atoms with Gasteiger partial charge in [-0.25, -0.2) is 12.8 Å². The zero-order valence-electron chi connectivity index (χ0n) is 14.6. The van der Waals surface area contributed by atoms with Crippen molar-refractivity contribution in [3.63, 3.8) is 0 Å². The quantitative estimate of drug-likeness (QED) is 0.790. The fourth-order valence-electron chi connectivity index (χ4n) is 2.96. The number of hydrogen-bond donors (Lipinski definition) is 0. The van der Waals surface area contributed by atoms with Gasteiger partial charge in [-0.15, -0.1) is 5.10 Å². The summed E-state index contributed by atoms with van der Waals surface area (Å²) in [6.45, 7) is 4.20. The molecule has 1 fully saturated rings. The van der Waals surface area contributed by atoms with Crippen LogP contribution in [-0.2, 0) is 20.4 Å². The monoisotopic (exact) mass is 381 g/mol. The Morgan fingerprint density at radius 2 is 2.00 bits per heavy atom. The predicted octanol–water partition coefficient (Wildman–Crippen LogP) is 2.50. The second-order valence-corrected chi connectivity index (χ2v) is 8.50. The maximum atomic E-state index is 13.0. The molecular weight excluding hydrogens is 361 g/mol. The zero-order valence-corrected chi connectivity index (χ0v) is 15.4. The number of nitrogens with zero attached hydrogens (tertiary/aromatic N) is 3. The summed E-state index contributed by atoms with van der Waals surface area (Å²) >= 11 is 0. The summed E-state index contributed by atoms with van der Waals surface area (Å²) in [5, 5.41) is 7.05. The summed E-state index contributed by atoms with van der Waals surface area (Å²) in [5.41, 5.74) is 0.420. The minimum atomic E-state index is -3.86. The molecule has 0 spiro atoms. The molecule has 1 aliphatic heterocycles. The molecule has 0 unspecified atom stereocenters. The Bertz CT molecular complexity index is 893. The molecule has 3 rings (SSSR count). The molecule has 2 aromatic rings. The van der Waals surface area contributed by atoms with Crippen molar-refractivity contribution in [3.05, 3.63) is 41.5 Å². The molecule has 1 saturated heterocycles. The highest BCUT2D eigenvalue weighted by molar-refractivity contribution is 7.90. The summed E-state index contributed by atoms with van der Waals surface area (Å²) in [4.78, 5) is 13.9. The van der Waals surface area contributed by atoms with Crippen molar-refractivity contribution in [2.45, 2.75) is 43.7 Å². The van der Waals surface area contributed by atoms with Crippen molar-refractivity contribution in [1.29, 1.82) is 0 Å². The smallest absolute Gasteiger partial charge is 0.335 e. The summed E-state index contributed by atoms with van der Waals surface area (Å²) < 4.78 is 43.3. The van der Waals surface area contributed by atoms with E-state index in [-0.39, 0.29) is 23.5 Å². The lowest BCUT2D eigenvalue weighted by atomic mass is 10.1. The van der Waals surface area contributed by atoms with Crippen LogP contribution < -0.4 is 0 Å². The van der Waals surface area contributed by atoms with Crippen LogP contribution in [0.15, 0.2) is 33.9 Å². The van der Waals surface area contributed by atoms with Gasteiger partial charge in [-0.1, -0.05) is 31.1 Å². The molecular formula is C17H20FN3O4S. The van der Waals surface area contributed by atoms with Crippen molar-refractivity contribution in [1.82, 2.24) is 15.1 Å². The highest BCUT2D eigenvalue weighted by atomic mass is 32.2. The molecule has 2 heterocycles. The largest absolute Gasteiger partial charge is 0.410 e. The zero-order chi connectivity index (χ0) is 18.9. The number of carbonyl (C=O) groups excluding carboxylic acids is 1. The molecule has 0 aliphatic carbocycles. The normalized spacial score (nSPS) is 17.8. The van der Waals surface area contributed by atoms with E-state index in [4.69, 9.17) is 4.42 Å². The topological polar surface area (TPSA) is 93.4 Å². The molecule has 7 nitrogen and oxygen atoms in total. The molecule has 1 aromatic heterocycles. The van der Waals surface area contributed by atoms with E-state index >= 15 is 0 Å². The third kappa shape index (κ3) is 3.77. The average Bonchev–Trinajstić information content (AvgIpc) is 3.24. The van der Waals surface area contributed by atoms with Gasteiger partial charge in [0.25, 0.3) is 0 Å². The number of rotatable bonds is 5. The lowest BCUT2D eigenvalue weighted by Gasteiger charge is -2.23. The predicted molar refractivity (Wildman–Crippen MR) is 90.1 cm³/mol. The van der Waals surface area contributed by atoms with Crippen molar-refractivity contribution in [3.8, 4) is 0 Å². The standard InChI is InChI=1S/C17H20FN3O4S/c1-11(2)16(22)21-9-3-4-14(21)15-19-20-17(25-15)26(23,24)10-12-5-7-13(18)8-6-12/h5-8,11,14H,3-4,9-10H2,1-2H3/t14-/m0/s1. The Labute approximate surface area is 151 Å². The number of hydrogen-bond acceptors (Lipinski definition) is 6. The molecule has 0 radical (unpaired) electrons. The van der Waals surface area contributed by atoms with Gasteiger partial charge in [-0.2, -0.15) is 0 Å². The van der Waals surface area contributed by atoms with Crippen molar-refractivity contribution in [2.24, 2.45) is 5.92 Å². The highest BCUT2D eigenvalue weighted by Crippen LogP contribution is 2.33. The summed E-state index contributed by atoms with van der Waals surface area (Å²) in [7, 11) is -3.86. The van der Waals surface area contributed by atoms with Crippen molar-refractivity contribution in [2.75, 3.05) is 6.54 Å². The van der Waals surface area contributed by atoms with Crippen LogP contribution in [0, 0.1) is 11.7 Å². The maximum Gasteiger partial charge on any atom is 0.335 e. The van der Waals surface area contributed by atoms with Gasteiger partial charge in [-0.05, 0) is 30.5 Å². The van der Waals surface area contributed by atoms with Crippen LogP contribution in [0.1, 0.15) is 44.2 Å². The fraction of sp³-hybridized carbons (Fsp3) is 0.471. The van der Waals surface area contributed by atoms with Gasteiger partial charge in [-0.3, -0.25) is 4.79 Å². The number of carbonyl (C=O) groups is 1. The van der Waals surface area contributed by atoms with E-state index in [2.05, 4.69) is 10.2 Å². The van der Waals surface area contributed by atoms with Gasteiger partial charge in [0.2, 0.25) is 21.6 Å². The minimum absolute atomic E-state index is 0.0265. The number of benzene rings is 1. The van der Waals surface area contributed by atoms with Gasteiger partial charge in [0.1, 0.15) is 11.9 Å². The Balaban J connectivity index is 1.80. The fourth-order valence-corrected chi connectivity index (χ4v) is 4.09. The minimum Gasteiger partial charge on any atom is -0.410 e. The average molecular weight is 381 g/mol. The Morgan fingerprint density at radius 1 is 1.31 bits per heavy atom. The Morgan fingerprint density at radius 3 is 2.65 bits per heavy atom. The maximum absolute atomic E-state index is 13.0. The van der Waals surface area contributed by atoms with Crippen LogP contribution in [0.2, 0.25) is 0 Å².